The van der Waals surface area contributed by atoms with Crippen LogP contribution in [0, 0.1) is 5.82 Å². The highest BCUT2D eigenvalue weighted by Gasteiger charge is 2.18. The predicted octanol–water partition coefficient (Wildman–Crippen LogP) is 2.84. The van der Waals surface area contributed by atoms with Gasteiger partial charge in [0.1, 0.15) is 0 Å². The van der Waals surface area contributed by atoms with Crippen LogP contribution in [0.1, 0.15) is 15.9 Å². The van der Waals surface area contributed by atoms with E-state index in [0.717, 1.165) is 10.0 Å². The van der Waals surface area contributed by atoms with Crippen molar-refractivity contribution in [3.63, 3.8) is 0 Å². The maximum Gasteiger partial charge on any atom is 0.257 e. The van der Waals surface area contributed by atoms with Crippen LogP contribution in [0.2, 0.25) is 0 Å². The lowest BCUT2D eigenvalue weighted by atomic mass is 10.2. The molecule has 1 amide bonds. The first-order valence-electron chi connectivity index (χ1n) is 5.89. The molecule has 1 heterocycles. The quantitative estimate of drug-likeness (QED) is 0.936. The highest BCUT2D eigenvalue weighted by Crippen LogP contribution is 2.17. The third kappa shape index (κ3) is 3.14. The van der Waals surface area contributed by atoms with Gasteiger partial charge < -0.3 is 10.6 Å². The molecule has 2 N–H and O–H groups in total. The Morgan fingerprint density at radius 1 is 1.45 bits per heavy atom. The number of carbonyl (C=O) groups is 1. The fourth-order valence-electron chi connectivity index (χ4n) is 1.81. The molecule has 0 spiro atoms. The van der Waals surface area contributed by atoms with Gasteiger partial charge in [0, 0.05) is 24.3 Å². The lowest BCUT2D eigenvalue weighted by Crippen LogP contribution is -2.27. The minimum absolute atomic E-state index is 0.0741. The summed E-state index contributed by atoms with van der Waals surface area (Å²) in [6, 6.07) is 8.90. The third-order valence-electron chi connectivity index (χ3n) is 2.80. The lowest BCUT2D eigenvalue weighted by molar-refractivity contribution is 0.0780. The van der Waals surface area contributed by atoms with Crippen molar-refractivity contribution in [3.05, 3.63) is 57.9 Å². The molecule has 0 radical (unpaired) electrons. The molecule has 1 aromatic carbocycles. The molecule has 0 fully saturated rings. The molecule has 0 saturated carbocycles. The average molecular weight is 338 g/mol. The molecular weight excluding hydrogens is 325 g/mol. The molecular formula is C14H13BrFN3O. The fourth-order valence-corrected chi connectivity index (χ4v) is 2.26. The number of halogens is 2. The van der Waals surface area contributed by atoms with Crippen molar-refractivity contribution < 1.29 is 9.18 Å². The summed E-state index contributed by atoms with van der Waals surface area (Å²) in [5.41, 5.74) is 6.24. The Hall–Kier alpha value is -1.95. The van der Waals surface area contributed by atoms with E-state index >= 15 is 0 Å². The minimum Gasteiger partial charge on any atom is -0.381 e. The van der Waals surface area contributed by atoms with Crippen molar-refractivity contribution in [2.75, 3.05) is 12.8 Å². The third-order valence-corrected chi connectivity index (χ3v) is 3.30. The van der Waals surface area contributed by atoms with Crippen LogP contribution in [0.4, 0.5) is 10.2 Å². The number of nitrogen functional groups attached to an aromatic ring is 1. The molecule has 0 aliphatic carbocycles. The number of amides is 1. The van der Waals surface area contributed by atoms with E-state index < -0.39 is 11.7 Å². The van der Waals surface area contributed by atoms with E-state index in [2.05, 4.69) is 20.9 Å². The molecule has 0 atom stereocenters. The van der Waals surface area contributed by atoms with Gasteiger partial charge in [0.2, 0.25) is 0 Å². The average Bonchev–Trinajstić information content (AvgIpc) is 2.41. The monoisotopic (exact) mass is 337 g/mol. The van der Waals surface area contributed by atoms with Crippen LogP contribution in [-0.2, 0) is 6.54 Å². The topological polar surface area (TPSA) is 59.2 Å². The Morgan fingerprint density at radius 3 is 2.90 bits per heavy atom. The SMILES string of the molecule is CN(Cc1cccc(Br)c1)C(=O)c1ccnc(N)c1F. The second-order valence-electron chi connectivity index (χ2n) is 4.35. The summed E-state index contributed by atoms with van der Waals surface area (Å²) in [4.78, 5) is 17.2. The molecule has 0 unspecified atom stereocenters. The zero-order valence-corrected chi connectivity index (χ0v) is 12.4. The van der Waals surface area contributed by atoms with Crippen molar-refractivity contribution in [3.8, 4) is 0 Å². The van der Waals surface area contributed by atoms with Crippen LogP contribution >= 0.6 is 15.9 Å². The van der Waals surface area contributed by atoms with Gasteiger partial charge in [-0.3, -0.25) is 4.79 Å². The van der Waals surface area contributed by atoms with Gasteiger partial charge in [-0.1, -0.05) is 28.1 Å². The molecule has 6 heteroatoms. The zero-order valence-electron chi connectivity index (χ0n) is 10.8. The standard InChI is InChI=1S/C14H13BrFN3O/c1-19(8-9-3-2-4-10(15)7-9)14(20)11-5-6-18-13(17)12(11)16/h2-7H,8H2,1H3,(H2,17,18). The first kappa shape index (κ1) is 14.5. The maximum atomic E-state index is 13.8. The predicted molar refractivity (Wildman–Crippen MR) is 78.5 cm³/mol. The molecule has 4 nitrogen and oxygen atoms in total. The van der Waals surface area contributed by atoms with E-state index in [1.165, 1.54) is 17.2 Å². The lowest BCUT2D eigenvalue weighted by Gasteiger charge is -2.18. The molecule has 0 aliphatic rings. The Kier molecular flexibility index (Phi) is 4.34. The summed E-state index contributed by atoms with van der Waals surface area (Å²) in [5, 5.41) is 0. The highest BCUT2D eigenvalue weighted by molar-refractivity contribution is 9.10. The van der Waals surface area contributed by atoms with Crippen molar-refractivity contribution in [1.82, 2.24) is 9.88 Å². The smallest absolute Gasteiger partial charge is 0.257 e. The van der Waals surface area contributed by atoms with Gasteiger partial charge in [-0.15, -0.1) is 0 Å². The summed E-state index contributed by atoms with van der Waals surface area (Å²) in [7, 11) is 1.61. The van der Waals surface area contributed by atoms with Crippen molar-refractivity contribution in [1.29, 1.82) is 0 Å². The number of aromatic nitrogens is 1. The van der Waals surface area contributed by atoms with Gasteiger partial charge in [0.15, 0.2) is 11.6 Å². The first-order valence-corrected chi connectivity index (χ1v) is 6.68. The van der Waals surface area contributed by atoms with Crippen molar-refractivity contribution in [2.24, 2.45) is 0 Å². The number of hydrogen-bond acceptors (Lipinski definition) is 3. The van der Waals surface area contributed by atoms with Gasteiger partial charge in [-0.25, -0.2) is 9.37 Å². The molecule has 2 aromatic rings. The Balaban J connectivity index is 2.19. The number of carbonyl (C=O) groups excluding carboxylic acids is 1. The summed E-state index contributed by atoms with van der Waals surface area (Å²) >= 11 is 3.37. The minimum atomic E-state index is -0.779. The molecule has 2 rings (SSSR count). The van der Waals surface area contributed by atoms with E-state index in [4.69, 9.17) is 5.73 Å². The molecule has 0 aliphatic heterocycles. The van der Waals surface area contributed by atoms with Crippen molar-refractivity contribution >= 4 is 27.7 Å². The molecule has 0 saturated heterocycles. The van der Waals surface area contributed by atoms with Gasteiger partial charge in [0.25, 0.3) is 5.91 Å². The number of benzene rings is 1. The molecule has 104 valence electrons. The van der Waals surface area contributed by atoms with Crippen LogP contribution in [0.5, 0.6) is 0 Å². The molecule has 1 aromatic heterocycles. The van der Waals surface area contributed by atoms with E-state index in [0.29, 0.717) is 6.54 Å². The highest BCUT2D eigenvalue weighted by atomic mass is 79.9. The number of hydrogen-bond donors (Lipinski definition) is 1. The number of anilines is 1. The summed E-state index contributed by atoms with van der Waals surface area (Å²) in [6.45, 7) is 0.375. The van der Waals surface area contributed by atoms with Crippen LogP contribution < -0.4 is 5.73 Å². The Labute approximate surface area is 124 Å². The Morgan fingerprint density at radius 2 is 2.20 bits per heavy atom. The number of nitrogens with two attached hydrogens (primary N) is 1. The fraction of sp³-hybridized carbons (Fsp3) is 0.143. The largest absolute Gasteiger partial charge is 0.381 e. The van der Waals surface area contributed by atoms with Crippen LogP contribution in [-0.4, -0.2) is 22.8 Å². The number of pyridine rings is 1. The van der Waals surface area contributed by atoms with E-state index in [1.54, 1.807) is 7.05 Å². The normalized spacial score (nSPS) is 10.3. The van der Waals surface area contributed by atoms with Gasteiger partial charge in [-0.05, 0) is 23.8 Å². The van der Waals surface area contributed by atoms with Crippen LogP contribution in [0.25, 0.3) is 0 Å². The maximum absolute atomic E-state index is 13.8. The second kappa shape index (κ2) is 6.00. The summed E-state index contributed by atoms with van der Waals surface area (Å²) < 4.78 is 14.7. The second-order valence-corrected chi connectivity index (χ2v) is 5.26. The summed E-state index contributed by atoms with van der Waals surface area (Å²) in [6.07, 6.45) is 1.32. The Bertz CT molecular complexity index is 648. The van der Waals surface area contributed by atoms with E-state index in [9.17, 15) is 9.18 Å². The van der Waals surface area contributed by atoms with Crippen LogP contribution in [0.3, 0.4) is 0 Å². The molecule has 20 heavy (non-hydrogen) atoms. The zero-order chi connectivity index (χ0) is 14.7. The van der Waals surface area contributed by atoms with Gasteiger partial charge in [-0.2, -0.15) is 0 Å². The molecule has 0 bridgehead atoms. The first-order chi connectivity index (χ1) is 9.49. The van der Waals surface area contributed by atoms with E-state index in [1.807, 2.05) is 24.3 Å². The number of nitrogens with zero attached hydrogens (tertiary/aromatic N) is 2. The summed E-state index contributed by atoms with van der Waals surface area (Å²) in [5.74, 6) is -1.48. The van der Waals surface area contributed by atoms with Gasteiger partial charge >= 0.3 is 0 Å². The van der Waals surface area contributed by atoms with Gasteiger partial charge in [0.05, 0.1) is 5.56 Å². The number of rotatable bonds is 3. The van der Waals surface area contributed by atoms with E-state index in [-0.39, 0.29) is 11.4 Å². The van der Waals surface area contributed by atoms with Crippen LogP contribution in [0.15, 0.2) is 41.0 Å². The van der Waals surface area contributed by atoms with Crippen molar-refractivity contribution in [2.45, 2.75) is 6.54 Å².